The van der Waals surface area contributed by atoms with Crippen LogP contribution in [0.5, 0.6) is 5.75 Å². The third-order valence-electron chi connectivity index (χ3n) is 2.31. The van der Waals surface area contributed by atoms with E-state index in [-0.39, 0.29) is 6.09 Å². The molecule has 0 fully saturated rings. The molecule has 3 heteroatoms. The Morgan fingerprint density at radius 1 is 1.06 bits per heavy atom. The van der Waals surface area contributed by atoms with Crippen molar-refractivity contribution in [3.05, 3.63) is 42.5 Å². The molecule has 0 heterocycles. The van der Waals surface area contributed by atoms with E-state index < -0.39 is 0 Å². The average Bonchev–Trinajstić information content (AvgIpc) is 2.29. The van der Waals surface area contributed by atoms with Crippen LogP contribution in [0.4, 0.5) is 4.79 Å². The minimum absolute atomic E-state index is 0.364. The molecule has 2 aromatic carbocycles. The lowest BCUT2D eigenvalue weighted by Crippen LogP contribution is -2.25. The summed E-state index contributed by atoms with van der Waals surface area (Å²) in [6.45, 7) is 0. The first kappa shape index (κ1) is 10.5. The van der Waals surface area contributed by atoms with Gasteiger partial charge in [-0.15, -0.1) is 0 Å². The highest BCUT2D eigenvalue weighted by Gasteiger charge is 2.08. The Bertz CT molecular complexity index is 515. The highest BCUT2D eigenvalue weighted by atomic mass is 16.6. The first-order valence-corrected chi connectivity index (χ1v) is 5.05. The fourth-order valence-electron chi connectivity index (χ4n) is 1.47. The fraction of sp³-hybridized carbons (Fsp3) is 0.154. The second-order valence-corrected chi connectivity index (χ2v) is 3.74. The van der Waals surface area contributed by atoms with Crippen molar-refractivity contribution in [2.45, 2.75) is 0 Å². The maximum absolute atomic E-state index is 11.5. The summed E-state index contributed by atoms with van der Waals surface area (Å²) in [6.07, 6.45) is -0.364. The summed E-state index contributed by atoms with van der Waals surface area (Å²) in [4.78, 5) is 12.9. The van der Waals surface area contributed by atoms with Crippen molar-refractivity contribution in [2.75, 3.05) is 14.1 Å². The SMILES string of the molecule is CN(C)C(=O)Oc1cccc2ccccc12. The molecule has 2 rings (SSSR count). The lowest BCUT2D eigenvalue weighted by atomic mass is 10.1. The summed E-state index contributed by atoms with van der Waals surface area (Å²) in [5, 5.41) is 2.01. The maximum Gasteiger partial charge on any atom is 0.414 e. The van der Waals surface area contributed by atoms with Gasteiger partial charge in [0, 0.05) is 19.5 Å². The third kappa shape index (κ3) is 1.98. The van der Waals surface area contributed by atoms with Crippen molar-refractivity contribution in [1.82, 2.24) is 4.90 Å². The molecule has 0 aliphatic heterocycles. The van der Waals surface area contributed by atoms with Crippen molar-refractivity contribution in [3.63, 3.8) is 0 Å². The van der Waals surface area contributed by atoms with E-state index in [4.69, 9.17) is 4.74 Å². The summed E-state index contributed by atoms with van der Waals surface area (Å²) in [6, 6.07) is 13.5. The molecule has 82 valence electrons. The number of ether oxygens (including phenoxy) is 1. The molecule has 0 radical (unpaired) electrons. The normalized spacial score (nSPS) is 10.1. The first-order chi connectivity index (χ1) is 7.68. The Labute approximate surface area is 94.2 Å². The molecule has 0 unspecified atom stereocenters. The number of benzene rings is 2. The molecule has 3 nitrogen and oxygen atoms in total. The molecule has 0 bridgehead atoms. The van der Waals surface area contributed by atoms with Crippen molar-refractivity contribution >= 4 is 16.9 Å². The van der Waals surface area contributed by atoms with Gasteiger partial charge in [0.05, 0.1) is 0 Å². The lowest BCUT2D eigenvalue weighted by molar-refractivity contribution is 0.172. The van der Waals surface area contributed by atoms with E-state index in [0.717, 1.165) is 10.8 Å². The third-order valence-corrected chi connectivity index (χ3v) is 2.31. The molecule has 0 saturated carbocycles. The summed E-state index contributed by atoms with van der Waals surface area (Å²) >= 11 is 0. The van der Waals surface area contributed by atoms with Gasteiger partial charge in [0.1, 0.15) is 5.75 Å². The summed E-state index contributed by atoms with van der Waals surface area (Å²) in [7, 11) is 3.32. The van der Waals surface area contributed by atoms with Crippen molar-refractivity contribution < 1.29 is 9.53 Å². The van der Waals surface area contributed by atoms with E-state index >= 15 is 0 Å². The number of hydrogen-bond acceptors (Lipinski definition) is 2. The zero-order chi connectivity index (χ0) is 11.5. The van der Waals surface area contributed by atoms with E-state index in [0.29, 0.717) is 5.75 Å². The van der Waals surface area contributed by atoms with Crippen molar-refractivity contribution in [3.8, 4) is 5.75 Å². The molecule has 1 amide bonds. The molecule has 0 aliphatic carbocycles. The van der Waals surface area contributed by atoms with Crippen LogP contribution in [0.1, 0.15) is 0 Å². The Hall–Kier alpha value is -2.03. The van der Waals surface area contributed by atoms with Gasteiger partial charge in [0.2, 0.25) is 0 Å². The van der Waals surface area contributed by atoms with Gasteiger partial charge in [-0.3, -0.25) is 0 Å². The standard InChI is InChI=1S/C13H13NO2/c1-14(2)13(15)16-12-9-5-7-10-6-3-4-8-11(10)12/h3-9H,1-2H3. The molecule has 0 saturated heterocycles. The summed E-state index contributed by atoms with van der Waals surface area (Å²) in [5.41, 5.74) is 0. The van der Waals surface area contributed by atoms with Gasteiger partial charge in [-0.2, -0.15) is 0 Å². The Morgan fingerprint density at radius 3 is 2.50 bits per heavy atom. The second-order valence-electron chi connectivity index (χ2n) is 3.74. The number of rotatable bonds is 1. The largest absolute Gasteiger partial charge is 0.414 e. The van der Waals surface area contributed by atoms with Gasteiger partial charge >= 0.3 is 6.09 Å². The molecular formula is C13H13NO2. The average molecular weight is 215 g/mol. The van der Waals surface area contributed by atoms with Crippen LogP contribution in [-0.2, 0) is 0 Å². The van der Waals surface area contributed by atoms with Gasteiger partial charge in [-0.25, -0.2) is 4.79 Å². The van der Waals surface area contributed by atoms with E-state index in [1.54, 1.807) is 20.2 Å². The van der Waals surface area contributed by atoms with Crippen LogP contribution in [-0.4, -0.2) is 25.1 Å². The van der Waals surface area contributed by atoms with Gasteiger partial charge in [0.15, 0.2) is 0 Å². The summed E-state index contributed by atoms with van der Waals surface area (Å²) in [5.74, 6) is 0.594. The number of carbonyl (C=O) groups excluding carboxylic acids is 1. The second kappa shape index (κ2) is 4.23. The first-order valence-electron chi connectivity index (χ1n) is 5.05. The van der Waals surface area contributed by atoms with Crippen molar-refractivity contribution in [2.24, 2.45) is 0 Å². The maximum atomic E-state index is 11.5. The molecule has 0 aromatic heterocycles. The van der Waals surface area contributed by atoms with Crippen LogP contribution >= 0.6 is 0 Å². The van der Waals surface area contributed by atoms with Crippen LogP contribution < -0.4 is 4.74 Å². The van der Waals surface area contributed by atoms with Crippen LogP contribution in [0, 0.1) is 0 Å². The quantitative estimate of drug-likeness (QED) is 0.732. The van der Waals surface area contributed by atoms with Gasteiger partial charge in [0.25, 0.3) is 0 Å². The van der Waals surface area contributed by atoms with Crippen LogP contribution in [0.3, 0.4) is 0 Å². The molecule has 16 heavy (non-hydrogen) atoms. The lowest BCUT2D eigenvalue weighted by Gasteiger charge is -2.12. The smallest absolute Gasteiger partial charge is 0.410 e. The predicted octanol–water partition coefficient (Wildman–Crippen LogP) is 2.90. The minimum atomic E-state index is -0.364. The molecular weight excluding hydrogens is 202 g/mol. The number of amides is 1. The molecule has 0 atom stereocenters. The van der Waals surface area contributed by atoms with Crippen molar-refractivity contribution in [1.29, 1.82) is 0 Å². The fourth-order valence-corrected chi connectivity index (χ4v) is 1.47. The summed E-state index contributed by atoms with van der Waals surface area (Å²) < 4.78 is 5.28. The topological polar surface area (TPSA) is 29.5 Å². The Kier molecular flexibility index (Phi) is 2.77. The minimum Gasteiger partial charge on any atom is -0.410 e. The number of carbonyl (C=O) groups is 1. The zero-order valence-electron chi connectivity index (χ0n) is 9.31. The van der Waals surface area contributed by atoms with E-state index in [1.807, 2.05) is 36.4 Å². The Morgan fingerprint density at radius 2 is 1.75 bits per heavy atom. The van der Waals surface area contributed by atoms with E-state index in [9.17, 15) is 4.79 Å². The molecule has 0 spiro atoms. The monoisotopic (exact) mass is 215 g/mol. The predicted molar refractivity (Wildman–Crippen MR) is 63.7 cm³/mol. The molecule has 0 N–H and O–H groups in total. The van der Waals surface area contributed by atoms with Gasteiger partial charge < -0.3 is 9.64 Å². The number of hydrogen-bond donors (Lipinski definition) is 0. The van der Waals surface area contributed by atoms with Gasteiger partial charge in [-0.05, 0) is 11.5 Å². The van der Waals surface area contributed by atoms with E-state index in [2.05, 4.69) is 0 Å². The van der Waals surface area contributed by atoms with E-state index in [1.165, 1.54) is 4.90 Å². The zero-order valence-corrected chi connectivity index (χ0v) is 9.31. The van der Waals surface area contributed by atoms with Crippen LogP contribution in [0.25, 0.3) is 10.8 Å². The number of nitrogens with zero attached hydrogens (tertiary/aromatic N) is 1. The molecule has 2 aromatic rings. The highest BCUT2D eigenvalue weighted by Crippen LogP contribution is 2.25. The van der Waals surface area contributed by atoms with Gasteiger partial charge in [-0.1, -0.05) is 36.4 Å². The highest BCUT2D eigenvalue weighted by molar-refractivity contribution is 5.90. The Balaban J connectivity index is 2.41. The molecule has 0 aliphatic rings. The number of fused-ring (bicyclic) bond motifs is 1. The van der Waals surface area contributed by atoms with Crippen LogP contribution in [0.15, 0.2) is 42.5 Å². The van der Waals surface area contributed by atoms with Crippen LogP contribution in [0.2, 0.25) is 0 Å².